The van der Waals surface area contributed by atoms with Crippen molar-refractivity contribution in [2.24, 2.45) is 0 Å². The summed E-state index contributed by atoms with van der Waals surface area (Å²) in [5.41, 5.74) is 1.77. The third kappa shape index (κ3) is 2.48. The highest BCUT2D eigenvalue weighted by molar-refractivity contribution is 7.84. The topological polar surface area (TPSA) is 55.0 Å². The van der Waals surface area contributed by atoms with Gasteiger partial charge in [-0.15, -0.1) is 0 Å². The maximum absolute atomic E-state index is 11.8. The number of aromatic amines is 1. The summed E-state index contributed by atoms with van der Waals surface area (Å²) < 4.78 is 17.0. The average Bonchev–Trinajstić information content (AvgIpc) is 2.73. The SMILES string of the molecule is CCOCCS(=O)c1nc2ccccc2[nH]1. The van der Waals surface area contributed by atoms with Gasteiger partial charge in [0.25, 0.3) is 0 Å². The predicted octanol–water partition coefficient (Wildman–Crippen LogP) is 1.71. The number of fused-ring (bicyclic) bond motifs is 1. The van der Waals surface area contributed by atoms with Crippen LogP contribution in [0.3, 0.4) is 0 Å². The van der Waals surface area contributed by atoms with E-state index in [0.29, 0.717) is 24.1 Å². The summed E-state index contributed by atoms with van der Waals surface area (Å²) in [7, 11) is -1.11. The van der Waals surface area contributed by atoms with Crippen molar-refractivity contribution in [1.82, 2.24) is 9.97 Å². The van der Waals surface area contributed by atoms with Gasteiger partial charge in [-0.05, 0) is 19.1 Å². The van der Waals surface area contributed by atoms with Gasteiger partial charge in [0.15, 0.2) is 5.16 Å². The molecule has 5 heteroatoms. The van der Waals surface area contributed by atoms with Crippen LogP contribution in [-0.4, -0.2) is 33.1 Å². The lowest BCUT2D eigenvalue weighted by atomic mass is 10.3. The molecule has 1 N–H and O–H groups in total. The van der Waals surface area contributed by atoms with Crippen LogP contribution in [0.15, 0.2) is 29.4 Å². The molecule has 0 aliphatic rings. The summed E-state index contributed by atoms with van der Waals surface area (Å²) in [4.78, 5) is 7.34. The van der Waals surface area contributed by atoms with E-state index < -0.39 is 10.8 Å². The van der Waals surface area contributed by atoms with Crippen LogP contribution in [0.1, 0.15) is 6.92 Å². The highest BCUT2D eigenvalue weighted by Gasteiger charge is 2.08. The Kier molecular flexibility index (Phi) is 3.69. The average molecular weight is 238 g/mol. The fraction of sp³-hybridized carbons (Fsp3) is 0.364. The van der Waals surface area contributed by atoms with E-state index in [4.69, 9.17) is 4.74 Å². The third-order valence-corrected chi connectivity index (χ3v) is 3.36. The van der Waals surface area contributed by atoms with Crippen LogP contribution in [0, 0.1) is 0 Å². The van der Waals surface area contributed by atoms with E-state index in [1.807, 2.05) is 31.2 Å². The molecule has 0 aliphatic carbocycles. The lowest BCUT2D eigenvalue weighted by molar-refractivity contribution is 0.164. The molecule has 16 heavy (non-hydrogen) atoms. The van der Waals surface area contributed by atoms with Crippen molar-refractivity contribution in [1.29, 1.82) is 0 Å². The van der Waals surface area contributed by atoms with E-state index in [2.05, 4.69) is 9.97 Å². The van der Waals surface area contributed by atoms with Crippen molar-refractivity contribution in [3.05, 3.63) is 24.3 Å². The third-order valence-electron chi connectivity index (χ3n) is 2.20. The maximum atomic E-state index is 11.8. The Labute approximate surface area is 96.5 Å². The highest BCUT2D eigenvalue weighted by Crippen LogP contribution is 2.12. The van der Waals surface area contributed by atoms with Gasteiger partial charge in [-0.25, -0.2) is 4.98 Å². The van der Waals surface area contributed by atoms with Crippen molar-refractivity contribution in [2.45, 2.75) is 12.1 Å². The fourth-order valence-corrected chi connectivity index (χ4v) is 2.30. The number of ether oxygens (including phenoxy) is 1. The Morgan fingerprint density at radius 3 is 3.00 bits per heavy atom. The van der Waals surface area contributed by atoms with Crippen LogP contribution in [0.5, 0.6) is 0 Å². The Morgan fingerprint density at radius 2 is 2.25 bits per heavy atom. The monoisotopic (exact) mass is 238 g/mol. The molecule has 1 aromatic heterocycles. The van der Waals surface area contributed by atoms with Crippen molar-refractivity contribution in [3.63, 3.8) is 0 Å². The smallest absolute Gasteiger partial charge is 0.197 e. The summed E-state index contributed by atoms with van der Waals surface area (Å²) in [6, 6.07) is 7.66. The zero-order chi connectivity index (χ0) is 11.4. The second-order valence-electron chi connectivity index (χ2n) is 3.31. The number of benzene rings is 1. The predicted molar refractivity (Wildman–Crippen MR) is 63.9 cm³/mol. The molecule has 0 amide bonds. The Hall–Kier alpha value is -1.20. The lowest BCUT2D eigenvalue weighted by Gasteiger charge is -1.98. The molecule has 0 aliphatic heterocycles. The summed E-state index contributed by atoms with van der Waals surface area (Å²) >= 11 is 0. The van der Waals surface area contributed by atoms with Gasteiger partial charge in [-0.3, -0.25) is 4.21 Å². The molecule has 0 bridgehead atoms. The molecule has 1 atom stereocenters. The van der Waals surface area contributed by atoms with Crippen molar-refractivity contribution >= 4 is 21.8 Å². The van der Waals surface area contributed by atoms with Gasteiger partial charge in [0.2, 0.25) is 0 Å². The number of aromatic nitrogens is 2. The van der Waals surface area contributed by atoms with Gasteiger partial charge < -0.3 is 9.72 Å². The number of hydrogen-bond acceptors (Lipinski definition) is 3. The van der Waals surface area contributed by atoms with Crippen LogP contribution < -0.4 is 0 Å². The van der Waals surface area contributed by atoms with Gasteiger partial charge in [-0.2, -0.15) is 0 Å². The van der Waals surface area contributed by atoms with Crippen LogP contribution in [0.2, 0.25) is 0 Å². The maximum Gasteiger partial charge on any atom is 0.197 e. The zero-order valence-corrected chi connectivity index (χ0v) is 9.92. The Morgan fingerprint density at radius 1 is 1.44 bits per heavy atom. The molecule has 1 heterocycles. The number of para-hydroxylation sites is 2. The minimum Gasteiger partial charge on any atom is -0.381 e. The van der Waals surface area contributed by atoms with Crippen LogP contribution in [0.4, 0.5) is 0 Å². The molecular weight excluding hydrogens is 224 g/mol. The molecule has 2 aromatic rings. The quantitative estimate of drug-likeness (QED) is 0.807. The van der Waals surface area contributed by atoms with E-state index in [1.54, 1.807) is 0 Å². The van der Waals surface area contributed by atoms with E-state index in [9.17, 15) is 4.21 Å². The highest BCUT2D eigenvalue weighted by atomic mass is 32.2. The first-order valence-electron chi connectivity index (χ1n) is 5.22. The van der Waals surface area contributed by atoms with Crippen LogP contribution in [0.25, 0.3) is 11.0 Å². The molecule has 4 nitrogen and oxygen atoms in total. The van der Waals surface area contributed by atoms with Crippen molar-refractivity contribution in [3.8, 4) is 0 Å². The van der Waals surface area contributed by atoms with Gasteiger partial charge in [0.05, 0.1) is 34.2 Å². The van der Waals surface area contributed by atoms with E-state index >= 15 is 0 Å². The molecule has 2 rings (SSSR count). The molecule has 0 radical (unpaired) electrons. The molecule has 86 valence electrons. The van der Waals surface area contributed by atoms with E-state index in [1.165, 1.54) is 0 Å². The minimum atomic E-state index is -1.11. The molecule has 0 spiro atoms. The first kappa shape index (κ1) is 11.3. The Bertz CT molecular complexity index is 462. The summed E-state index contributed by atoms with van der Waals surface area (Å²) in [5, 5.41) is 0.529. The molecule has 1 unspecified atom stereocenters. The van der Waals surface area contributed by atoms with Gasteiger partial charge in [0, 0.05) is 6.61 Å². The standard InChI is InChI=1S/C11H14N2O2S/c1-2-15-7-8-16(14)11-12-9-5-3-4-6-10(9)13-11/h3-6H,2,7-8H2,1H3,(H,12,13). The number of rotatable bonds is 5. The van der Waals surface area contributed by atoms with E-state index in [0.717, 1.165) is 11.0 Å². The number of nitrogens with zero attached hydrogens (tertiary/aromatic N) is 1. The Balaban J connectivity index is 2.11. The van der Waals surface area contributed by atoms with E-state index in [-0.39, 0.29) is 0 Å². The second-order valence-corrected chi connectivity index (χ2v) is 4.79. The minimum absolute atomic E-state index is 0.480. The fourth-order valence-electron chi connectivity index (χ4n) is 1.41. The summed E-state index contributed by atoms with van der Waals surface area (Å²) in [6.07, 6.45) is 0. The number of imidazole rings is 1. The van der Waals surface area contributed by atoms with Crippen molar-refractivity contribution < 1.29 is 8.95 Å². The van der Waals surface area contributed by atoms with Gasteiger partial charge in [0.1, 0.15) is 0 Å². The molecular formula is C11H14N2O2S. The lowest BCUT2D eigenvalue weighted by Crippen LogP contribution is -2.07. The zero-order valence-electron chi connectivity index (χ0n) is 9.10. The molecule has 0 fully saturated rings. The van der Waals surface area contributed by atoms with Crippen LogP contribution in [-0.2, 0) is 15.5 Å². The largest absolute Gasteiger partial charge is 0.381 e. The first-order chi connectivity index (χ1) is 7.81. The normalized spacial score (nSPS) is 13.1. The summed E-state index contributed by atoms with van der Waals surface area (Å²) in [5.74, 6) is 0.480. The molecule has 0 saturated carbocycles. The number of H-pyrrole nitrogens is 1. The number of nitrogens with one attached hydrogen (secondary N) is 1. The summed E-state index contributed by atoms with van der Waals surface area (Å²) in [6.45, 7) is 3.07. The van der Waals surface area contributed by atoms with Gasteiger partial charge >= 0.3 is 0 Å². The van der Waals surface area contributed by atoms with Gasteiger partial charge in [-0.1, -0.05) is 12.1 Å². The second kappa shape index (κ2) is 5.23. The molecule has 1 aromatic carbocycles. The van der Waals surface area contributed by atoms with Crippen molar-refractivity contribution in [2.75, 3.05) is 19.0 Å². The first-order valence-corrected chi connectivity index (χ1v) is 6.54. The number of hydrogen-bond donors (Lipinski definition) is 1. The van der Waals surface area contributed by atoms with Crippen LogP contribution >= 0.6 is 0 Å². The molecule has 0 saturated heterocycles.